The highest BCUT2D eigenvalue weighted by Crippen LogP contribution is 2.29. The molecular weight excluding hydrogens is 290 g/mol. The van der Waals surface area contributed by atoms with E-state index in [2.05, 4.69) is 20.4 Å². The third kappa shape index (κ3) is 2.60. The molecule has 6 heteroatoms. The van der Waals surface area contributed by atoms with E-state index in [0.717, 1.165) is 35.8 Å². The van der Waals surface area contributed by atoms with Crippen molar-refractivity contribution >= 4 is 17.3 Å². The van der Waals surface area contributed by atoms with E-state index in [9.17, 15) is 0 Å². The van der Waals surface area contributed by atoms with Crippen LogP contribution in [0.25, 0.3) is 5.78 Å². The van der Waals surface area contributed by atoms with Gasteiger partial charge in [-0.25, -0.2) is 4.98 Å². The summed E-state index contributed by atoms with van der Waals surface area (Å²) in [5, 5.41) is 7.82. The largest absolute Gasteiger partial charge is 0.494 e. The van der Waals surface area contributed by atoms with Crippen molar-refractivity contribution in [3.8, 4) is 5.75 Å². The highest BCUT2D eigenvalue weighted by molar-refractivity contribution is 5.63. The van der Waals surface area contributed by atoms with Gasteiger partial charge in [-0.1, -0.05) is 0 Å². The minimum Gasteiger partial charge on any atom is -0.494 e. The topological polar surface area (TPSA) is 64.3 Å². The van der Waals surface area contributed by atoms with Crippen molar-refractivity contribution in [1.29, 1.82) is 0 Å². The van der Waals surface area contributed by atoms with Gasteiger partial charge in [-0.05, 0) is 56.9 Å². The molecule has 0 bridgehead atoms. The molecule has 1 aliphatic rings. The molecular formula is C17H19N5O. The second-order valence-corrected chi connectivity index (χ2v) is 5.65. The molecule has 4 rings (SSSR count). The van der Waals surface area contributed by atoms with Crippen molar-refractivity contribution in [3.05, 3.63) is 41.9 Å². The lowest BCUT2D eigenvalue weighted by Crippen LogP contribution is -2.13. The number of nitrogens with zero attached hydrogens (tertiary/aromatic N) is 4. The van der Waals surface area contributed by atoms with Crippen LogP contribution >= 0.6 is 0 Å². The van der Waals surface area contributed by atoms with Crippen LogP contribution in [0.4, 0.5) is 11.5 Å². The molecule has 2 heterocycles. The zero-order valence-corrected chi connectivity index (χ0v) is 13.1. The minimum atomic E-state index is 0.652. The van der Waals surface area contributed by atoms with E-state index in [0.29, 0.717) is 12.4 Å². The van der Waals surface area contributed by atoms with Gasteiger partial charge in [0, 0.05) is 11.3 Å². The van der Waals surface area contributed by atoms with Crippen molar-refractivity contribution < 1.29 is 4.74 Å². The molecule has 0 spiro atoms. The molecule has 23 heavy (non-hydrogen) atoms. The van der Waals surface area contributed by atoms with E-state index in [1.54, 1.807) is 10.8 Å². The maximum Gasteiger partial charge on any atom is 0.254 e. The highest BCUT2D eigenvalue weighted by atomic mass is 16.5. The van der Waals surface area contributed by atoms with Crippen LogP contribution in [0.15, 0.2) is 30.6 Å². The first-order valence-electron chi connectivity index (χ1n) is 8.06. The van der Waals surface area contributed by atoms with E-state index >= 15 is 0 Å². The lowest BCUT2D eigenvalue weighted by atomic mass is 9.96. The third-order valence-electron chi connectivity index (χ3n) is 4.13. The Balaban J connectivity index is 1.74. The molecule has 0 amide bonds. The Kier molecular flexibility index (Phi) is 3.57. The first-order chi connectivity index (χ1) is 11.3. The lowest BCUT2D eigenvalue weighted by molar-refractivity contribution is 0.340. The molecule has 2 aromatic heterocycles. The van der Waals surface area contributed by atoms with Crippen LogP contribution in [-0.4, -0.2) is 26.2 Å². The standard InChI is InChI=1S/C17H19N5O/c1-2-23-13-9-7-12(8-10-13)20-16-14-5-3-4-6-15(14)21-17-18-11-19-22(16)17/h7-11,20H,2-6H2,1H3. The summed E-state index contributed by atoms with van der Waals surface area (Å²) in [6.07, 6.45) is 5.96. The number of anilines is 2. The summed E-state index contributed by atoms with van der Waals surface area (Å²) >= 11 is 0. The molecule has 6 nitrogen and oxygen atoms in total. The first-order valence-corrected chi connectivity index (χ1v) is 8.06. The van der Waals surface area contributed by atoms with E-state index in [1.165, 1.54) is 18.4 Å². The zero-order valence-electron chi connectivity index (χ0n) is 13.1. The Hall–Kier alpha value is -2.63. The molecule has 0 radical (unpaired) electrons. The fraction of sp³-hybridized carbons (Fsp3) is 0.353. The van der Waals surface area contributed by atoms with Gasteiger partial charge < -0.3 is 10.1 Å². The molecule has 1 aromatic carbocycles. The van der Waals surface area contributed by atoms with Crippen molar-refractivity contribution in [3.63, 3.8) is 0 Å². The van der Waals surface area contributed by atoms with Crippen LogP contribution in [0, 0.1) is 0 Å². The molecule has 3 aromatic rings. The van der Waals surface area contributed by atoms with Crippen molar-refractivity contribution in [2.24, 2.45) is 0 Å². The average Bonchev–Trinajstić information content (AvgIpc) is 3.05. The fourth-order valence-corrected chi connectivity index (χ4v) is 3.05. The molecule has 0 saturated heterocycles. The van der Waals surface area contributed by atoms with Crippen molar-refractivity contribution in [1.82, 2.24) is 19.6 Å². The molecule has 1 N–H and O–H groups in total. The van der Waals surface area contributed by atoms with Gasteiger partial charge in [0.2, 0.25) is 0 Å². The predicted molar refractivity (Wildman–Crippen MR) is 88.3 cm³/mol. The monoisotopic (exact) mass is 309 g/mol. The number of ether oxygens (including phenoxy) is 1. The fourth-order valence-electron chi connectivity index (χ4n) is 3.05. The molecule has 0 atom stereocenters. The second-order valence-electron chi connectivity index (χ2n) is 5.65. The third-order valence-corrected chi connectivity index (χ3v) is 4.13. The number of nitrogens with one attached hydrogen (secondary N) is 1. The predicted octanol–water partition coefficient (Wildman–Crippen LogP) is 3.15. The minimum absolute atomic E-state index is 0.652. The Morgan fingerprint density at radius 3 is 2.83 bits per heavy atom. The molecule has 0 aliphatic heterocycles. The second kappa shape index (κ2) is 5.87. The van der Waals surface area contributed by atoms with Gasteiger partial charge in [-0.2, -0.15) is 14.6 Å². The van der Waals surface area contributed by atoms with Gasteiger partial charge >= 0.3 is 0 Å². The van der Waals surface area contributed by atoms with Crippen LogP contribution < -0.4 is 10.1 Å². The van der Waals surface area contributed by atoms with Gasteiger partial charge in [0.15, 0.2) is 0 Å². The first kappa shape index (κ1) is 14.0. The van der Waals surface area contributed by atoms with Crippen molar-refractivity contribution in [2.75, 3.05) is 11.9 Å². The van der Waals surface area contributed by atoms with E-state index in [-0.39, 0.29) is 0 Å². The van der Waals surface area contributed by atoms with E-state index in [4.69, 9.17) is 4.74 Å². The van der Waals surface area contributed by atoms with Crippen LogP contribution in [0.2, 0.25) is 0 Å². The summed E-state index contributed by atoms with van der Waals surface area (Å²) in [5.41, 5.74) is 3.40. The summed E-state index contributed by atoms with van der Waals surface area (Å²) in [6.45, 7) is 2.65. The van der Waals surface area contributed by atoms with Crippen molar-refractivity contribution in [2.45, 2.75) is 32.6 Å². The van der Waals surface area contributed by atoms with Gasteiger partial charge in [0.25, 0.3) is 5.78 Å². The zero-order chi connectivity index (χ0) is 15.6. The Labute approximate surface area is 134 Å². The van der Waals surface area contributed by atoms with E-state index in [1.807, 2.05) is 31.2 Å². The highest BCUT2D eigenvalue weighted by Gasteiger charge is 2.19. The van der Waals surface area contributed by atoms with Crippen LogP contribution in [0.1, 0.15) is 31.0 Å². The summed E-state index contributed by atoms with van der Waals surface area (Å²) in [6, 6.07) is 7.98. The average molecular weight is 309 g/mol. The number of hydrogen-bond acceptors (Lipinski definition) is 5. The van der Waals surface area contributed by atoms with Gasteiger partial charge in [0.1, 0.15) is 17.9 Å². The van der Waals surface area contributed by atoms with Crippen LogP contribution in [0.5, 0.6) is 5.75 Å². The number of rotatable bonds is 4. The summed E-state index contributed by atoms with van der Waals surface area (Å²) in [5.74, 6) is 2.51. The molecule has 0 fully saturated rings. The lowest BCUT2D eigenvalue weighted by Gasteiger charge is -2.20. The van der Waals surface area contributed by atoms with Gasteiger partial charge in [0.05, 0.1) is 12.3 Å². The van der Waals surface area contributed by atoms with Gasteiger partial charge in [-0.15, -0.1) is 0 Å². The number of aryl methyl sites for hydroxylation is 1. The summed E-state index contributed by atoms with van der Waals surface area (Å²) in [4.78, 5) is 8.89. The number of hydrogen-bond donors (Lipinski definition) is 1. The number of fused-ring (bicyclic) bond motifs is 2. The normalized spacial score (nSPS) is 13.8. The maximum absolute atomic E-state index is 5.49. The van der Waals surface area contributed by atoms with E-state index < -0.39 is 0 Å². The van der Waals surface area contributed by atoms with Crippen LogP contribution in [0.3, 0.4) is 0 Å². The SMILES string of the molecule is CCOc1ccc(Nc2c3c(nc4ncnn24)CCCC3)cc1. The Morgan fingerprint density at radius 1 is 1.17 bits per heavy atom. The van der Waals surface area contributed by atoms with Crippen LogP contribution in [-0.2, 0) is 12.8 Å². The number of benzene rings is 1. The quantitative estimate of drug-likeness (QED) is 0.802. The molecule has 118 valence electrons. The smallest absolute Gasteiger partial charge is 0.254 e. The Morgan fingerprint density at radius 2 is 2.00 bits per heavy atom. The summed E-state index contributed by atoms with van der Waals surface area (Å²) < 4.78 is 7.29. The molecule has 0 unspecified atom stereocenters. The maximum atomic E-state index is 5.49. The van der Waals surface area contributed by atoms with Gasteiger partial charge in [-0.3, -0.25) is 0 Å². The molecule has 1 aliphatic carbocycles. The number of aromatic nitrogens is 4. The summed E-state index contributed by atoms with van der Waals surface area (Å²) in [7, 11) is 0. The molecule has 0 saturated carbocycles. The Bertz CT molecular complexity index is 825.